The van der Waals surface area contributed by atoms with Gasteiger partial charge in [0, 0.05) is 25.8 Å². The average molecular weight is 265 g/mol. The first-order valence-corrected chi connectivity index (χ1v) is 6.55. The molecule has 0 spiro atoms. The Labute approximate surface area is 114 Å². The smallest absolute Gasteiger partial charge is 0.170 e. The third kappa shape index (κ3) is 5.72. The molecule has 0 amide bonds. The quantitative estimate of drug-likeness (QED) is 0.209. The van der Waals surface area contributed by atoms with Gasteiger partial charge in [-0.15, -0.1) is 0 Å². The van der Waals surface area contributed by atoms with Gasteiger partial charge in [0.25, 0.3) is 0 Å². The Morgan fingerprint density at radius 1 is 1.32 bits per heavy atom. The molecule has 0 unspecified atom stereocenters. The highest BCUT2D eigenvalue weighted by molar-refractivity contribution is 5.98. The van der Waals surface area contributed by atoms with Crippen molar-refractivity contribution in [2.75, 3.05) is 20.3 Å². The lowest BCUT2D eigenvalue weighted by atomic mass is 10.1. The van der Waals surface area contributed by atoms with Crippen molar-refractivity contribution in [1.29, 1.82) is 0 Å². The van der Waals surface area contributed by atoms with E-state index in [-0.39, 0.29) is 5.84 Å². The molecule has 19 heavy (non-hydrogen) atoms. The second-order valence-electron chi connectivity index (χ2n) is 4.37. The summed E-state index contributed by atoms with van der Waals surface area (Å²) in [5, 5.41) is 15.2. The molecule has 0 aliphatic carbocycles. The minimum Gasteiger partial charge on any atom is -0.409 e. The zero-order valence-corrected chi connectivity index (χ0v) is 11.4. The van der Waals surface area contributed by atoms with Crippen molar-refractivity contribution in [3.05, 3.63) is 35.4 Å². The molecule has 0 bridgehead atoms. The number of ether oxygens (including phenoxy) is 1. The van der Waals surface area contributed by atoms with Gasteiger partial charge in [-0.25, -0.2) is 0 Å². The van der Waals surface area contributed by atoms with E-state index in [4.69, 9.17) is 15.7 Å². The molecule has 5 heteroatoms. The van der Waals surface area contributed by atoms with Crippen LogP contribution in [-0.2, 0) is 11.3 Å². The minimum absolute atomic E-state index is 0.150. The molecular weight excluding hydrogens is 242 g/mol. The summed E-state index contributed by atoms with van der Waals surface area (Å²) >= 11 is 0. The van der Waals surface area contributed by atoms with Crippen molar-refractivity contribution in [3.8, 4) is 0 Å². The Balaban J connectivity index is 2.33. The van der Waals surface area contributed by atoms with E-state index >= 15 is 0 Å². The molecule has 0 radical (unpaired) electrons. The molecule has 4 N–H and O–H groups in total. The van der Waals surface area contributed by atoms with Crippen LogP contribution in [0.3, 0.4) is 0 Å². The van der Waals surface area contributed by atoms with Crippen LogP contribution in [0, 0.1) is 0 Å². The number of amidine groups is 1. The van der Waals surface area contributed by atoms with E-state index in [1.165, 1.54) is 0 Å². The van der Waals surface area contributed by atoms with Gasteiger partial charge in [0.2, 0.25) is 0 Å². The van der Waals surface area contributed by atoms with Crippen LogP contribution in [0.25, 0.3) is 0 Å². The predicted octanol–water partition coefficient (Wildman–Crippen LogP) is 1.69. The maximum Gasteiger partial charge on any atom is 0.170 e. The second-order valence-corrected chi connectivity index (χ2v) is 4.37. The lowest BCUT2D eigenvalue weighted by Crippen LogP contribution is -2.20. The first-order chi connectivity index (χ1) is 9.29. The number of oxime groups is 1. The highest BCUT2D eigenvalue weighted by atomic mass is 16.5. The number of hydrogen-bond donors (Lipinski definition) is 3. The van der Waals surface area contributed by atoms with Gasteiger partial charge in [0.15, 0.2) is 5.84 Å². The fourth-order valence-electron chi connectivity index (χ4n) is 1.87. The molecule has 1 aromatic rings. The lowest BCUT2D eigenvalue weighted by molar-refractivity contribution is 0.192. The summed E-state index contributed by atoms with van der Waals surface area (Å²) in [5.41, 5.74) is 7.45. The van der Waals surface area contributed by atoms with Crippen LogP contribution in [0.5, 0.6) is 0 Å². The van der Waals surface area contributed by atoms with Crippen LogP contribution in [0.2, 0.25) is 0 Å². The summed E-state index contributed by atoms with van der Waals surface area (Å²) in [6, 6.07) is 7.65. The molecule has 1 aromatic carbocycles. The number of nitrogens with two attached hydrogens (primary N) is 1. The van der Waals surface area contributed by atoms with E-state index < -0.39 is 0 Å². The van der Waals surface area contributed by atoms with Gasteiger partial charge in [-0.3, -0.25) is 0 Å². The Morgan fingerprint density at radius 3 is 2.84 bits per heavy atom. The van der Waals surface area contributed by atoms with Crippen LogP contribution in [0.15, 0.2) is 29.4 Å². The average Bonchev–Trinajstić information content (AvgIpc) is 2.46. The summed E-state index contributed by atoms with van der Waals surface area (Å²) in [6.07, 6.45) is 3.37. The third-order valence-electron chi connectivity index (χ3n) is 2.92. The van der Waals surface area contributed by atoms with Crippen molar-refractivity contribution >= 4 is 5.84 Å². The van der Waals surface area contributed by atoms with Crippen molar-refractivity contribution in [3.63, 3.8) is 0 Å². The van der Waals surface area contributed by atoms with E-state index in [0.29, 0.717) is 0 Å². The molecule has 106 valence electrons. The summed E-state index contributed by atoms with van der Waals surface area (Å²) in [6.45, 7) is 2.50. The number of hydrogen-bond acceptors (Lipinski definition) is 4. The van der Waals surface area contributed by atoms with Crippen molar-refractivity contribution < 1.29 is 9.94 Å². The van der Waals surface area contributed by atoms with Crippen LogP contribution < -0.4 is 11.1 Å². The van der Waals surface area contributed by atoms with Crippen molar-refractivity contribution in [1.82, 2.24) is 5.32 Å². The molecule has 0 aromatic heterocycles. The molecule has 0 saturated heterocycles. The zero-order valence-electron chi connectivity index (χ0n) is 11.4. The molecule has 0 atom stereocenters. The van der Waals surface area contributed by atoms with E-state index in [1.807, 2.05) is 24.3 Å². The molecule has 0 fully saturated rings. The van der Waals surface area contributed by atoms with Gasteiger partial charge < -0.3 is 21.0 Å². The first kappa shape index (κ1) is 15.5. The maximum absolute atomic E-state index is 8.74. The Kier molecular flexibility index (Phi) is 7.62. The number of rotatable bonds is 9. The second kappa shape index (κ2) is 9.35. The Bertz CT molecular complexity index is 394. The van der Waals surface area contributed by atoms with Crippen molar-refractivity contribution in [2.45, 2.75) is 25.8 Å². The first-order valence-electron chi connectivity index (χ1n) is 6.55. The van der Waals surface area contributed by atoms with Gasteiger partial charge in [0.05, 0.1) is 0 Å². The summed E-state index contributed by atoms with van der Waals surface area (Å²) < 4.78 is 5.00. The number of nitrogens with one attached hydrogen (secondary N) is 1. The predicted molar refractivity (Wildman–Crippen MR) is 76.4 cm³/mol. The van der Waals surface area contributed by atoms with Crippen molar-refractivity contribution in [2.24, 2.45) is 10.9 Å². The lowest BCUT2D eigenvalue weighted by Gasteiger charge is -2.09. The van der Waals surface area contributed by atoms with Gasteiger partial charge >= 0.3 is 0 Å². The molecule has 1 rings (SSSR count). The summed E-state index contributed by atoms with van der Waals surface area (Å²) in [4.78, 5) is 0. The Hall–Kier alpha value is -1.59. The molecule has 0 heterocycles. The van der Waals surface area contributed by atoms with E-state index in [2.05, 4.69) is 10.5 Å². The number of nitrogens with zero attached hydrogens (tertiary/aromatic N) is 1. The van der Waals surface area contributed by atoms with Gasteiger partial charge in [-0.2, -0.15) is 0 Å². The molecule has 0 aliphatic rings. The molecule has 0 saturated carbocycles. The zero-order chi connectivity index (χ0) is 13.9. The van der Waals surface area contributed by atoms with E-state index in [0.717, 1.165) is 50.1 Å². The molecular formula is C14H23N3O2. The summed E-state index contributed by atoms with van der Waals surface area (Å²) in [7, 11) is 1.72. The van der Waals surface area contributed by atoms with Gasteiger partial charge in [-0.05, 0) is 31.4 Å². The Morgan fingerprint density at radius 2 is 2.11 bits per heavy atom. The largest absolute Gasteiger partial charge is 0.409 e. The van der Waals surface area contributed by atoms with E-state index in [1.54, 1.807) is 7.11 Å². The highest BCUT2D eigenvalue weighted by Crippen LogP contribution is 2.08. The third-order valence-corrected chi connectivity index (χ3v) is 2.92. The molecule has 5 nitrogen and oxygen atoms in total. The number of benzene rings is 1. The topological polar surface area (TPSA) is 79.9 Å². The van der Waals surface area contributed by atoms with Crippen LogP contribution in [0.4, 0.5) is 0 Å². The normalized spacial score (nSPS) is 11.7. The molecule has 0 aliphatic heterocycles. The SMILES string of the molecule is COCCCCCNCc1ccccc1/C(N)=N/O. The standard InChI is InChI=1S/C14H23N3O2/c1-19-10-6-2-5-9-16-11-12-7-3-4-8-13(12)14(15)17-18/h3-4,7-8,16,18H,2,5-6,9-11H2,1H3,(H2,15,17). The minimum atomic E-state index is 0.150. The fourth-order valence-corrected chi connectivity index (χ4v) is 1.87. The van der Waals surface area contributed by atoms with Crippen LogP contribution >= 0.6 is 0 Å². The van der Waals surface area contributed by atoms with Crippen LogP contribution in [0.1, 0.15) is 30.4 Å². The maximum atomic E-state index is 8.74. The van der Waals surface area contributed by atoms with Crippen LogP contribution in [-0.4, -0.2) is 31.3 Å². The number of unbranched alkanes of at least 4 members (excludes halogenated alkanes) is 2. The fraction of sp³-hybridized carbons (Fsp3) is 0.500. The summed E-state index contributed by atoms with van der Waals surface area (Å²) in [5.74, 6) is 0.150. The van der Waals surface area contributed by atoms with Gasteiger partial charge in [0.1, 0.15) is 0 Å². The van der Waals surface area contributed by atoms with Gasteiger partial charge in [-0.1, -0.05) is 29.4 Å². The number of methoxy groups -OCH3 is 1. The monoisotopic (exact) mass is 265 g/mol. The highest BCUT2D eigenvalue weighted by Gasteiger charge is 2.05. The van der Waals surface area contributed by atoms with E-state index in [9.17, 15) is 0 Å².